The minimum Gasteiger partial charge on any atom is -0.469 e. The van der Waals surface area contributed by atoms with Crippen molar-refractivity contribution >= 4 is 5.82 Å². The standard InChI is InChI=1S/C11H11FN2O/c12-9-3-4-11(14-8-9)13-6-5-10-2-1-7-15-10/h1-4,7-8H,5-6H2,(H,13,14). The van der Waals surface area contributed by atoms with Crippen LogP contribution in [-0.2, 0) is 6.42 Å². The Morgan fingerprint density at radius 2 is 2.27 bits per heavy atom. The van der Waals surface area contributed by atoms with E-state index in [9.17, 15) is 4.39 Å². The van der Waals surface area contributed by atoms with Gasteiger partial charge in [0.1, 0.15) is 17.4 Å². The Hall–Kier alpha value is -1.84. The molecule has 2 heterocycles. The van der Waals surface area contributed by atoms with Gasteiger partial charge in [-0.1, -0.05) is 0 Å². The molecular weight excluding hydrogens is 195 g/mol. The summed E-state index contributed by atoms with van der Waals surface area (Å²) in [6, 6.07) is 6.75. The lowest BCUT2D eigenvalue weighted by Gasteiger charge is -2.03. The van der Waals surface area contributed by atoms with Crippen molar-refractivity contribution in [1.29, 1.82) is 0 Å². The summed E-state index contributed by atoms with van der Waals surface area (Å²) in [6.07, 6.45) is 3.62. The molecule has 0 radical (unpaired) electrons. The van der Waals surface area contributed by atoms with E-state index < -0.39 is 0 Å². The van der Waals surface area contributed by atoms with Crippen LogP contribution in [0.4, 0.5) is 10.2 Å². The normalized spacial score (nSPS) is 10.2. The van der Waals surface area contributed by atoms with E-state index in [0.29, 0.717) is 12.4 Å². The summed E-state index contributed by atoms with van der Waals surface area (Å²) in [4.78, 5) is 3.88. The van der Waals surface area contributed by atoms with Crippen LogP contribution >= 0.6 is 0 Å². The second-order valence-corrected chi connectivity index (χ2v) is 3.12. The number of anilines is 1. The monoisotopic (exact) mass is 206 g/mol. The van der Waals surface area contributed by atoms with E-state index in [1.807, 2.05) is 12.1 Å². The molecule has 2 aromatic rings. The lowest BCUT2D eigenvalue weighted by Crippen LogP contribution is -2.05. The Bertz CT molecular complexity index is 397. The van der Waals surface area contributed by atoms with Gasteiger partial charge in [-0.15, -0.1) is 0 Å². The number of aromatic nitrogens is 1. The largest absolute Gasteiger partial charge is 0.469 e. The summed E-state index contributed by atoms with van der Waals surface area (Å²) in [5.41, 5.74) is 0. The fraction of sp³-hybridized carbons (Fsp3) is 0.182. The number of hydrogen-bond acceptors (Lipinski definition) is 3. The molecule has 0 aromatic carbocycles. The summed E-state index contributed by atoms with van der Waals surface area (Å²) in [7, 11) is 0. The number of furan rings is 1. The summed E-state index contributed by atoms with van der Waals surface area (Å²) in [6.45, 7) is 0.714. The van der Waals surface area contributed by atoms with E-state index in [-0.39, 0.29) is 5.82 Å². The molecule has 15 heavy (non-hydrogen) atoms. The maximum Gasteiger partial charge on any atom is 0.141 e. The minimum absolute atomic E-state index is 0.327. The van der Waals surface area contributed by atoms with Gasteiger partial charge in [-0.05, 0) is 24.3 Å². The van der Waals surface area contributed by atoms with Gasteiger partial charge < -0.3 is 9.73 Å². The molecule has 4 heteroatoms. The predicted molar refractivity (Wildman–Crippen MR) is 55.1 cm³/mol. The molecule has 0 aliphatic heterocycles. The molecule has 1 N–H and O–H groups in total. The molecule has 0 saturated heterocycles. The summed E-state index contributed by atoms with van der Waals surface area (Å²) in [5, 5.41) is 3.07. The van der Waals surface area contributed by atoms with Crippen molar-refractivity contribution in [2.24, 2.45) is 0 Å². The zero-order valence-electron chi connectivity index (χ0n) is 8.11. The highest BCUT2D eigenvalue weighted by atomic mass is 19.1. The van der Waals surface area contributed by atoms with Gasteiger partial charge >= 0.3 is 0 Å². The fourth-order valence-electron chi connectivity index (χ4n) is 1.25. The lowest BCUT2D eigenvalue weighted by atomic mass is 10.3. The summed E-state index contributed by atoms with van der Waals surface area (Å²) < 4.78 is 17.7. The average molecular weight is 206 g/mol. The first kappa shape index (κ1) is 9.71. The van der Waals surface area contributed by atoms with Crippen LogP contribution in [0.15, 0.2) is 41.1 Å². The van der Waals surface area contributed by atoms with Crippen LogP contribution in [0.3, 0.4) is 0 Å². The molecule has 2 aromatic heterocycles. The zero-order chi connectivity index (χ0) is 10.5. The van der Waals surface area contributed by atoms with Crippen molar-refractivity contribution in [3.8, 4) is 0 Å². The van der Waals surface area contributed by atoms with Crippen molar-refractivity contribution in [3.05, 3.63) is 48.3 Å². The lowest BCUT2D eigenvalue weighted by molar-refractivity contribution is 0.513. The first-order valence-corrected chi connectivity index (χ1v) is 4.72. The number of rotatable bonds is 4. The average Bonchev–Trinajstić information content (AvgIpc) is 2.74. The second-order valence-electron chi connectivity index (χ2n) is 3.12. The topological polar surface area (TPSA) is 38.1 Å². The number of halogens is 1. The first-order valence-electron chi connectivity index (χ1n) is 4.72. The highest BCUT2D eigenvalue weighted by Crippen LogP contribution is 2.05. The van der Waals surface area contributed by atoms with Crippen LogP contribution in [0.2, 0.25) is 0 Å². The van der Waals surface area contributed by atoms with Crippen LogP contribution in [0.25, 0.3) is 0 Å². The summed E-state index contributed by atoms with van der Waals surface area (Å²) >= 11 is 0. The van der Waals surface area contributed by atoms with Crippen molar-refractivity contribution in [2.75, 3.05) is 11.9 Å². The summed E-state index contributed by atoms with van der Waals surface area (Å²) in [5.74, 6) is 1.26. The first-order chi connectivity index (χ1) is 7.34. The van der Waals surface area contributed by atoms with Gasteiger partial charge in [-0.3, -0.25) is 0 Å². The van der Waals surface area contributed by atoms with Crippen LogP contribution < -0.4 is 5.32 Å². The van der Waals surface area contributed by atoms with Gasteiger partial charge in [0.15, 0.2) is 0 Å². The predicted octanol–water partition coefficient (Wildman–Crippen LogP) is 2.47. The quantitative estimate of drug-likeness (QED) is 0.835. The van der Waals surface area contributed by atoms with Gasteiger partial charge in [0.25, 0.3) is 0 Å². The Labute approximate surface area is 86.9 Å². The molecular formula is C11H11FN2O. The van der Waals surface area contributed by atoms with Gasteiger partial charge in [0.2, 0.25) is 0 Å². The Kier molecular flexibility index (Phi) is 2.97. The van der Waals surface area contributed by atoms with E-state index in [4.69, 9.17) is 4.42 Å². The smallest absolute Gasteiger partial charge is 0.141 e. The van der Waals surface area contributed by atoms with Crippen LogP contribution in [0.5, 0.6) is 0 Å². The molecule has 0 fully saturated rings. The molecule has 2 rings (SSSR count). The number of nitrogens with one attached hydrogen (secondary N) is 1. The van der Waals surface area contributed by atoms with Crippen molar-refractivity contribution < 1.29 is 8.81 Å². The van der Waals surface area contributed by atoms with Crippen LogP contribution in [0.1, 0.15) is 5.76 Å². The van der Waals surface area contributed by atoms with Crippen molar-refractivity contribution in [3.63, 3.8) is 0 Å². The van der Waals surface area contributed by atoms with Crippen LogP contribution in [-0.4, -0.2) is 11.5 Å². The van der Waals surface area contributed by atoms with Gasteiger partial charge in [0, 0.05) is 13.0 Å². The van der Waals surface area contributed by atoms with Crippen molar-refractivity contribution in [2.45, 2.75) is 6.42 Å². The Balaban J connectivity index is 1.81. The molecule has 0 amide bonds. The molecule has 0 bridgehead atoms. The Morgan fingerprint density at radius 3 is 2.93 bits per heavy atom. The number of nitrogens with zero attached hydrogens (tertiary/aromatic N) is 1. The van der Waals surface area contributed by atoms with E-state index in [0.717, 1.165) is 12.2 Å². The van der Waals surface area contributed by atoms with E-state index in [1.165, 1.54) is 12.3 Å². The Morgan fingerprint density at radius 1 is 1.33 bits per heavy atom. The van der Waals surface area contributed by atoms with E-state index in [2.05, 4.69) is 10.3 Å². The van der Waals surface area contributed by atoms with Gasteiger partial charge in [-0.2, -0.15) is 0 Å². The van der Waals surface area contributed by atoms with E-state index in [1.54, 1.807) is 12.3 Å². The molecule has 0 spiro atoms. The maximum absolute atomic E-state index is 12.5. The van der Waals surface area contributed by atoms with Crippen molar-refractivity contribution in [1.82, 2.24) is 4.98 Å². The molecule has 0 unspecified atom stereocenters. The molecule has 3 nitrogen and oxygen atoms in total. The second kappa shape index (κ2) is 4.59. The third-order valence-corrected chi connectivity index (χ3v) is 1.99. The number of hydrogen-bond donors (Lipinski definition) is 1. The third-order valence-electron chi connectivity index (χ3n) is 1.99. The van der Waals surface area contributed by atoms with Gasteiger partial charge in [-0.25, -0.2) is 9.37 Å². The molecule has 0 saturated carbocycles. The fourth-order valence-corrected chi connectivity index (χ4v) is 1.25. The third kappa shape index (κ3) is 2.80. The van der Waals surface area contributed by atoms with Gasteiger partial charge in [0.05, 0.1) is 12.5 Å². The molecule has 0 atom stereocenters. The highest BCUT2D eigenvalue weighted by Gasteiger charge is 1.97. The molecule has 0 aliphatic rings. The minimum atomic E-state index is -0.327. The molecule has 78 valence electrons. The number of pyridine rings is 1. The zero-order valence-corrected chi connectivity index (χ0v) is 8.11. The SMILES string of the molecule is Fc1ccc(NCCc2ccco2)nc1. The highest BCUT2D eigenvalue weighted by molar-refractivity contribution is 5.33. The molecule has 0 aliphatic carbocycles. The van der Waals surface area contributed by atoms with Crippen LogP contribution in [0, 0.1) is 5.82 Å². The maximum atomic E-state index is 12.5. The van der Waals surface area contributed by atoms with E-state index >= 15 is 0 Å².